The number of rotatable bonds is 10. The summed E-state index contributed by atoms with van der Waals surface area (Å²) in [6.07, 6.45) is -0.0292. The Bertz CT molecular complexity index is 1310. The molecule has 198 valence electrons. The van der Waals surface area contributed by atoms with Gasteiger partial charge in [-0.2, -0.15) is 0 Å². The topological polar surface area (TPSA) is 102 Å². The highest BCUT2D eigenvalue weighted by Crippen LogP contribution is 2.30. The van der Waals surface area contributed by atoms with Crippen LogP contribution in [-0.2, 0) is 16.1 Å². The summed E-state index contributed by atoms with van der Waals surface area (Å²) in [6, 6.07) is 20.0. The Kier molecular flexibility index (Phi) is 7.74. The van der Waals surface area contributed by atoms with Crippen LogP contribution in [-0.4, -0.2) is 49.4 Å². The molecule has 38 heavy (non-hydrogen) atoms. The highest BCUT2D eigenvalue weighted by molar-refractivity contribution is 5.95. The van der Waals surface area contributed by atoms with E-state index in [1.54, 1.807) is 12.1 Å². The highest BCUT2D eigenvalue weighted by Gasteiger charge is 2.33. The predicted molar refractivity (Wildman–Crippen MR) is 145 cm³/mol. The first-order valence-corrected chi connectivity index (χ1v) is 12.9. The third-order valence-corrected chi connectivity index (χ3v) is 6.26. The van der Waals surface area contributed by atoms with E-state index < -0.39 is 6.09 Å². The molecule has 1 saturated heterocycles. The van der Waals surface area contributed by atoms with E-state index in [0.717, 1.165) is 16.9 Å². The zero-order chi connectivity index (χ0) is 26.5. The van der Waals surface area contributed by atoms with Gasteiger partial charge in [-0.1, -0.05) is 44.2 Å². The number of anilines is 2. The molecule has 5 rings (SSSR count). The third-order valence-electron chi connectivity index (χ3n) is 6.26. The summed E-state index contributed by atoms with van der Waals surface area (Å²) in [7, 11) is 0. The second-order valence-electron chi connectivity index (χ2n) is 9.87. The van der Waals surface area contributed by atoms with Crippen molar-refractivity contribution < 1.29 is 23.8 Å². The van der Waals surface area contributed by atoms with Gasteiger partial charge in [0.2, 0.25) is 0 Å². The lowest BCUT2D eigenvalue weighted by Gasteiger charge is -2.19. The van der Waals surface area contributed by atoms with Crippen LogP contribution in [0.2, 0.25) is 0 Å². The van der Waals surface area contributed by atoms with Gasteiger partial charge in [-0.05, 0) is 65.9 Å². The van der Waals surface area contributed by atoms with Crippen molar-refractivity contribution >= 4 is 23.6 Å². The summed E-state index contributed by atoms with van der Waals surface area (Å²) < 4.78 is 16.8. The van der Waals surface area contributed by atoms with E-state index in [0.29, 0.717) is 56.0 Å². The van der Waals surface area contributed by atoms with E-state index in [1.807, 2.05) is 12.1 Å². The molecule has 1 aromatic heterocycles. The molecule has 1 atom stereocenters. The van der Waals surface area contributed by atoms with Crippen molar-refractivity contribution in [2.24, 2.45) is 5.92 Å². The summed E-state index contributed by atoms with van der Waals surface area (Å²) in [4.78, 5) is 29.9. The number of hydrogen-bond donors (Lipinski definition) is 2. The van der Waals surface area contributed by atoms with Gasteiger partial charge in [-0.15, -0.1) is 0 Å². The van der Waals surface area contributed by atoms with Crippen LogP contribution in [0.4, 0.5) is 16.4 Å². The zero-order valence-corrected chi connectivity index (χ0v) is 21.6. The Labute approximate surface area is 222 Å². The molecule has 3 aromatic rings. The number of fused-ring (bicyclic) bond motifs is 1. The molecule has 0 saturated carbocycles. The van der Waals surface area contributed by atoms with Crippen molar-refractivity contribution in [2.75, 3.05) is 36.5 Å². The number of cyclic esters (lactones) is 1. The lowest BCUT2D eigenvalue weighted by atomic mass is 10.0. The number of amides is 2. The summed E-state index contributed by atoms with van der Waals surface area (Å²) >= 11 is 0. The SMILES string of the molecule is CC(C)COc1cccc(-c2cccc(CNCCC3CN(c4ccc5c(n4)NC(=O)CO5)C(=O)O3)c2)c1. The van der Waals surface area contributed by atoms with Gasteiger partial charge in [-0.3, -0.25) is 9.69 Å². The average molecular weight is 517 g/mol. The molecule has 2 aliphatic rings. The van der Waals surface area contributed by atoms with Gasteiger partial charge in [0, 0.05) is 6.54 Å². The number of carbonyl (C=O) groups is 2. The summed E-state index contributed by atoms with van der Waals surface area (Å²) in [5, 5.41) is 6.12. The minimum atomic E-state index is -0.446. The number of pyridine rings is 1. The van der Waals surface area contributed by atoms with Crippen LogP contribution >= 0.6 is 0 Å². The molecule has 1 fully saturated rings. The van der Waals surface area contributed by atoms with Gasteiger partial charge >= 0.3 is 6.09 Å². The largest absolute Gasteiger partial charge is 0.493 e. The van der Waals surface area contributed by atoms with Crippen molar-refractivity contribution in [1.29, 1.82) is 0 Å². The number of aromatic nitrogens is 1. The van der Waals surface area contributed by atoms with E-state index in [4.69, 9.17) is 14.2 Å². The third kappa shape index (κ3) is 6.23. The Morgan fingerprint density at radius 2 is 1.92 bits per heavy atom. The highest BCUT2D eigenvalue weighted by atomic mass is 16.6. The second-order valence-corrected chi connectivity index (χ2v) is 9.87. The molecule has 2 aromatic carbocycles. The normalized spacial score (nSPS) is 16.6. The molecule has 0 radical (unpaired) electrons. The molecule has 9 nitrogen and oxygen atoms in total. The Morgan fingerprint density at radius 1 is 1.11 bits per heavy atom. The average Bonchev–Trinajstić information content (AvgIpc) is 3.30. The maximum absolute atomic E-state index is 12.5. The lowest BCUT2D eigenvalue weighted by molar-refractivity contribution is -0.118. The van der Waals surface area contributed by atoms with Crippen LogP contribution in [0.5, 0.6) is 11.5 Å². The minimum Gasteiger partial charge on any atom is -0.493 e. The first-order valence-electron chi connectivity index (χ1n) is 12.9. The van der Waals surface area contributed by atoms with E-state index in [-0.39, 0.29) is 18.6 Å². The van der Waals surface area contributed by atoms with Crippen molar-refractivity contribution in [1.82, 2.24) is 10.3 Å². The van der Waals surface area contributed by atoms with E-state index in [1.165, 1.54) is 10.5 Å². The monoisotopic (exact) mass is 516 g/mol. The summed E-state index contributed by atoms with van der Waals surface area (Å²) in [6.45, 7) is 6.71. The number of carbonyl (C=O) groups excluding carboxylic acids is 2. The van der Waals surface area contributed by atoms with Gasteiger partial charge < -0.3 is 24.8 Å². The van der Waals surface area contributed by atoms with Gasteiger partial charge in [-0.25, -0.2) is 9.78 Å². The molecular weight excluding hydrogens is 484 g/mol. The number of hydrogen-bond acceptors (Lipinski definition) is 7. The van der Waals surface area contributed by atoms with E-state index in [9.17, 15) is 9.59 Å². The van der Waals surface area contributed by atoms with Crippen molar-refractivity contribution in [3.63, 3.8) is 0 Å². The predicted octanol–water partition coefficient (Wildman–Crippen LogP) is 4.62. The number of nitrogens with zero attached hydrogens (tertiary/aromatic N) is 2. The second kappa shape index (κ2) is 11.5. The van der Waals surface area contributed by atoms with Crippen LogP contribution in [0.3, 0.4) is 0 Å². The first-order chi connectivity index (χ1) is 18.4. The molecule has 1 unspecified atom stereocenters. The van der Waals surface area contributed by atoms with Gasteiger partial charge in [0.15, 0.2) is 18.2 Å². The fraction of sp³-hybridized carbons (Fsp3) is 0.345. The Morgan fingerprint density at radius 3 is 2.76 bits per heavy atom. The molecule has 2 amide bonds. The van der Waals surface area contributed by atoms with Gasteiger partial charge in [0.1, 0.15) is 17.7 Å². The van der Waals surface area contributed by atoms with E-state index >= 15 is 0 Å². The fourth-order valence-electron chi connectivity index (χ4n) is 4.35. The molecule has 2 N–H and O–H groups in total. The van der Waals surface area contributed by atoms with Crippen LogP contribution in [0.25, 0.3) is 11.1 Å². The minimum absolute atomic E-state index is 0.0419. The van der Waals surface area contributed by atoms with Crippen LogP contribution in [0.15, 0.2) is 60.7 Å². The molecule has 0 aliphatic carbocycles. The van der Waals surface area contributed by atoms with E-state index in [2.05, 4.69) is 65.9 Å². The van der Waals surface area contributed by atoms with Gasteiger partial charge in [0.25, 0.3) is 5.91 Å². The van der Waals surface area contributed by atoms with Crippen molar-refractivity contribution in [2.45, 2.75) is 32.9 Å². The van der Waals surface area contributed by atoms with Crippen LogP contribution < -0.4 is 25.0 Å². The molecular formula is C29H32N4O5. The quantitative estimate of drug-likeness (QED) is 0.379. The summed E-state index contributed by atoms with van der Waals surface area (Å²) in [5.74, 6) is 2.30. The molecule has 3 heterocycles. The number of nitrogens with one attached hydrogen (secondary N) is 2. The Hall–Kier alpha value is -4.11. The molecule has 9 heteroatoms. The maximum atomic E-state index is 12.5. The molecule has 2 aliphatic heterocycles. The van der Waals surface area contributed by atoms with Crippen LogP contribution in [0.1, 0.15) is 25.8 Å². The van der Waals surface area contributed by atoms with Crippen molar-refractivity contribution in [3.05, 3.63) is 66.2 Å². The molecule has 0 bridgehead atoms. The Balaban J connectivity index is 1.12. The zero-order valence-electron chi connectivity index (χ0n) is 21.6. The molecule has 0 spiro atoms. The summed E-state index contributed by atoms with van der Waals surface area (Å²) in [5.41, 5.74) is 3.43. The standard InChI is InChI=1S/C29H32N4O5/c1-19(2)17-36-23-8-4-7-22(14-23)21-6-3-5-20(13-21)15-30-12-11-24-16-33(29(35)38-24)26-10-9-25-28(31-26)32-27(34)18-37-25/h3-10,13-14,19,24,30H,11-12,15-18H2,1-2H3,(H,31,32,34). The number of benzene rings is 2. The number of ether oxygens (including phenoxy) is 3. The van der Waals surface area contributed by atoms with Gasteiger partial charge in [0.05, 0.1) is 13.2 Å². The lowest BCUT2D eigenvalue weighted by Crippen LogP contribution is -2.29. The fourth-order valence-corrected chi connectivity index (χ4v) is 4.35. The maximum Gasteiger partial charge on any atom is 0.415 e. The first kappa shape index (κ1) is 25.5. The smallest absolute Gasteiger partial charge is 0.415 e. The van der Waals surface area contributed by atoms with Crippen LogP contribution in [0, 0.1) is 5.92 Å². The van der Waals surface area contributed by atoms with Crippen molar-refractivity contribution in [3.8, 4) is 22.6 Å².